The van der Waals surface area contributed by atoms with E-state index in [0.29, 0.717) is 32.8 Å². The molecule has 0 bridgehead atoms. The van der Waals surface area contributed by atoms with Gasteiger partial charge >= 0.3 is 6.03 Å². The number of hydrogen-bond acceptors (Lipinski definition) is 5. The first-order valence-corrected chi connectivity index (χ1v) is 8.84. The Hall–Kier alpha value is -1.57. The van der Waals surface area contributed by atoms with Crippen LogP contribution in [0.25, 0.3) is 0 Å². The molecule has 7 heteroatoms. The largest absolute Gasteiger partial charge is 0.468 e. The third-order valence-electron chi connectivity index (χ3n) is 5.19. The van der Waals surface area contributed by atoms with Crippen molar-refractivity contribution in [3.63, 3.8) is 0 Å². The third-order valence-corrected chi connectivity index (χ3v) is 5.19. The van der Waals surface area contributed by atoms with Crippen LogP contribution < -0.4 is 5.32 Å². The van der Waals surface area contributed by atoms with Crippen LogP contribution in [0.3, 0.4) is 0 Å². The number of ether oxygens (including phenoxy) is 2. The van der Waals surface area contributed by atoms with Crippen molar-refractivity contribution in [1.29, 1.82) is 0 Å². The van der Waals surface area contributed by atoms with Gasteiger partial charge in [0, 0.05) is 19.5 Å². The highest BCUT2D eigenvalue weighted by molar-refractivity contribution is 5.74. The summed E-state index contributed by atoms with van der Waals surface area (Å²) < 4.78 is 17.0. The van der Waals surface area contributed by atoms with E-state index in [9.17, 15) is 4.79 Å². The minimum absolute atomic E-state index is 0.0540. The predicted molar refractivity (Wildman–Crippen MR) is 86.5 cm³/mol. The molecule has 1 atom stereocenters. The normalized spacial score (nSPS) is 24.8. The summed E-state index contributed by atoms with van der Waals surface area (Å²) in [5, 5.41) is 3.07. The van der Waals surface area contributed by atoms with Crippen molar-refractivity contribution in [2.75, 3.05) is 45.9 Å². The SMILES string of the molecule is O=C(NC[C@@H](c1ccco1)N1CCCC1)N1CCC2(C1)OCCO2. The van der Waals surface area contributed by atoms with Crippen molar-refractivity contribution in [1.82, 2.24) is 15.1 Å². The third kappa shape index (κ3) is 3.16. The molecule has 24 heavy (non-hydrogen) atoms. The molecule has 7 nitrogen and oxygen atoms in total. The maximum absolute atomic E-state index is 12.5. The first-order chi connectivity index (χ1) is 11.8. The van der Waals surface area contributed by atoms with Gasteiger partial charge in [-0.2, -0.15) is 0 Å². The summed E-state index contributed by atoms with van der Waals surface area (Å²) in [7, 11) is 0. The molecule has 0 aliphatic carbocycles. The standard InChI is InChI=1S/C17H25N3O4/c21-16(20-8-5-17(13-20)23-10-11-24-17)18-12-14(15-4-3-9-22-15)19-6-1-2-7-19/h3-4,9,14H,1-2,5-8,10-13H2,(H,18,21)/t14-/m0/s1. The number of likely N-dealkylation sites (tertiary alicyclic amines) is 2. The number of urea groups is 1. The van der Waals surface area contributed by atoms with E-state index in [0.717, 1.165) is 25.3 Å². The summed E-state index contributed by atoms with van der Waals surface area (Å²) in [5.74, 6) is 0.352. The van der Waals surface area contributed by atoms with Crippen LogP contribution >= 0.6 is 0 Å². The number of carbonyl (C=O) groups excluding carboxylic acids is 1. The van der Waals surface area contributed by atoms with Gasteiger partial charge in [-0.25, -0.2) is 4.79 Å². The van der Waals surface area contributed by atoms with Crippen molar-refractivity contribution < 1.29 is 18.7 Å². The van der Waals surface area contributed by atoms with Gasteiger partial charge in [-0.15, -0.1) is 0 Å². The van der Waals surface area contributed by atoms with Gasteiger partial charge in [-0.05, 0) is 38.1 Å². The zero-order valence-electron chi connectivity index (χ0n) is 13.9. The fraction of sp³-hybridized carbons (Fsp3) is 0.706. The summed E-state index contributed by atoms with van der Waals surface area (Å²) in [4.78, 5) is 16.7. The van der Waals surface area contributed by atoms with E-state index >= 15 is 0 Å². The van der Waals surface area contributed by atoms with Gasteiger partial charge in [-0.3, -0.25) is 4.90 Å². The van der Waals surface area contributed by atoms with Gasteiger partial charge in [0.05, 0.1) is 32.1 Å². The molecule has 0 radical (unpaired) electrons. The monoisotopic (exact) mass is 335 g/mol. The molecule has 3 saturated heterocycles. The summed E-state index contributed by atoms with van der Waals surface area (Å²) in [6, 6.07) is 3.93. The molecule has 3 aliphatic heterocycles. The molecule has 2 amide bonds. The Labute approximate surface area is 141 Å². The first kappa shape index (κ1) is 15.9. The molecule has 0 saturated carbocycles. The Balaban J connectivity index is 1.35. The van der Waals surface area contributed by atoms with Gasteiger partial charge in [0.1, 0.15) is 5.76 Å². The van der Waals surface area contributed by atoms with Crippen LogP contribution in [0.5, 0.6) is 0 Å². The second-order valence-electron chi connectivity index (χ2n) is 6.74. The number of furan rings is 1. The van der Waals surface area contributed by atoms with Crippen molar-refractivity contribution in [3.8, 4) is 0 Å². The van der Waals surface area contributed by atoms with Crippen molar-refractivity contribution in [2.24, 2.45) is 0 Å². The van der Waals surface area contributed by atoms with Crippen LogP contribution in [0, 0.1) is 0 Å². The lowest BCUT2D eigenvalue weighted by Gasteiger charge is -2.27. The number of carbonyl (C=O) groups is 1. The van der Waals surface area contributed by atoms with E-state index < -0.39 is 5.79 Å². The van der Waals surface area contributed by atoms with Gasteiger partial charge in [-0.1, -0.05) is 0 Å². The second-order valence-corrected chi connectivity index (χ2v) is 6.74. The zero-order chi connectivity index (χ0) is 16.4. The smallest absolute Gasteiger partial charge is 0.317 e. The van der Waals surface area contributed by atoms with Crippen LogP contribution in [0.1, 0.15) is 31.1 Å². The fourth-order valence-electron chi connectivity index (χ4n) is 3.90. The first-order valence-electron chi connectivity index (χ1n) is 8.84. The Bertz CT molecular complexity index is 550. The topological polar surface area (TPSA) is 67.2 Å². The highest BCUT2D eigenvalue weighted by atomic mass is 16.7. The number of nitrogens with one attached hydrogen (secondary N) is 1. The van der Waals surface area contributed by atoms with E-state index in [4.69, 9.17) is 13.9 Å². The van der Waals surface area contributed by atoms with Gasteiger partial charge in [0.2, 0.25) is 0 Å². The van der Waals surface area contributed by atoms with Crippen LogP contribution in [0.4, 0.5) is 4.79 Å². The highest BCUT2D eigenvalue weighted by Crippen LogP contribution is 2.30. The molecule has 1 spiro atoms. The number of nitrogens with zero attached hydrogens (tertiary/aromatic N) is 2. The molecule has 4 heterocycles. The Morgan fingerprint density at radius 1 is 1.25 bits per heavy atom. The van der Waals surface area contributed by atoms with Crippen molar-refractivity contribution in [2.45, 2.75) is 31.1 Å². The summed E-state index contributed by atoms with van der Waals surface area (Å²) in [6.07, 6.45) is 4.84. The molecule has 1 N–H and O–H groups in total. The van der Waals surface area contributed by atoms with E-state index in [-0.39, 0.29) is 12.1 Å². The van der Waals surface area contributed by atoms with Crippen LogP contribution in [-0.2, 0) is 9.47 Å². The maximum Gasteiger partial charge on any atom is 0.317 e. The quantitative estimate of drug-likeness (QED) is 0.905. The Kier molecular flexibility index (Phi) is 4.47. The molecule has 1 aromatic heterocycles. The van der Waals surface area contributed by atoms with E-state index in [1.54, 1.807) is 11.2 Å². The predicted octanol–water partition coefficient (Wildman–Crippen LogP) is 1.57. The average Bonchev–Trinajstić information content (AvgIpc) is 3.38. The zero-order valence-corrected chi connectivity index (χ0v) is 13.9. The fourth-order valence-corrected chi connectivity index (χ4v) is 3.90. The van der Waals surface area contributed by atoms with Gasteiger partial charge in [0.15, 0.2) is 5.79 Å². The minimum Gasteiger partial charge on any atom is -0.468 e. The molecule has 132 valence electrons. The Morgan fingerprint density at radius 2 is 2.04 bits per heavy atom. The molecular formula is C17H25N3O4. The van der Waals surface area contributed by atoms with Crippen LogP contribution in [0.15, 0.2) is 22.8 Å². The van der Waals surface area contributed by atoms with E-state index in [1.165, 1.54) is 12.8 Å². The van der Waals surface area contributed by atoms with E-state index in [2.05, 4.69) is 10.2 Å². The number of amides is 2. The molecule has 3 aliphatic rings. The summed E-state index contributed by atoms with van der Waals surface area (Å²) >= 11 is 0. The van der Waals surface area contributed by atoms with Gasteiger partial charge in [0.25, 0.3) is 0 Å². The maximum atomic E-state index is 12.5. The molecule has 0 aromatic carbocycles. The average molecular weight is 335 g/mol. The summed E-state index contributed by atoms with van der Waals surface area (Å²) in [6.45, 7) is 5.06. The van der Waals surface area contributed by atoms with Crippen LogP contribution in [-0.4, -0.2) is 67.6 Å². The van der Waals surface area contributed by atoms with Gasteiger partial charge < -0.3 is 24.1 Å². The van der Waals surface area contributed by atoms with Crippen molar-refractivity contribution >= 4 is 6.03 Å². The summed E-state index contributed by atoms with van der Waals surface area (Å²) in [5.41, 5.74) is 0. The number of hydrogen-bond donors (Lipinski definition) is 1. The lowest BCUT2D eigenvalue weighted by atomic mass is 10.2. The lowest BCUT2D eigenvalue weighted by Crippen LogP contribution is -2.44. The minimum atomic E-state index is -0.563. The number of rotatable bonds is 4. The van der Waals surface area contributed by atoms with Crippen molar-refractivity contribution in [3.05, 3.63) is 24.2 Å². The molecule has 3 fully saturated rings. The second kappa shape index (κ2) is 6.74. The lowest BCUT2D eigenvalue weighted by molar-refractivity contribution is -0.143. The van der Waals surface area contributed by atoms with Crippen LogP contribution in [0.2, 0.25) is 0 Å². The molecule has 4 rings (SSSR count). The van der Waals surface area contributed by atoms with E-state index in [1.807, 2.05) is 12.1 Å². The highest BCUT2D eigenvalue weighted by Gasteiger charge is 2.44. The molecule has 1 aromatic rings. The molecule has 0 unspecified atom stereocenters. The Morgan fingerprint density at radius 3 is 2.75 bits per heavy atom. The molecular weight excluding hydrogens is 310 g/mol.